The van der Waals surface area contributed by atoms with Crippen molar-refractivity contribution < 1.29 is 23.6 Å². The van der Waals surface area contributed by atoms with Gasteiger partial charge in [-0.3, -0.25) is 14.9 Å². The molecule has 0 radical (unpaired) electrons. The van der Waals surface area contributed by atoms with Crippen molar-refractivity contribution in [2.45, 2.75) is 33.0 Å². The minimum absolute atomic E-state index is 0.00639. The number of benzene rings is 1. The standard InChI is InChI=1S/C18H22N2O6/c1-13(2)24-11-3-10-19-18(21)17-9-8-16(26-17)12-25-15-6-4-14(5-7-15)20(22)23/h4-9,13H,3,10-12H2,1-2H3,(H,19,21). The van der Waals surface area contributed by atoms with Crippen LogP contribution in [0.3, 0.4) is 0 Å². The van der Waals surface area contributed by atoms with E-state index in [1.807, 2.05) is 13.8 Å². The molecule has 0 aliphatic rings. The fraction of sp³-hybridized carbons (Fsp3) is 0.389. The summed E-state index contributed by atoms with van der Waals surface area (Å²) < 4.78 is 16.3. The lowest BCUT2D eigenvalue weighted by atomic mass is 10.3. The zero-order valence-corrected chi connectivity index (χ0v) is 14.8. The third kappa shape index (κ3) is 6.21. The van der Waals surface area contributed by atoms with Crippen LogP contribution in [-0.2, 0) is 11.3 Å². The van der Waals surface area contributed by atoms with E-state index in [0.29, 0.717) is 24.7 Å². The van der Waals surface area contributed by atoms with Gasteiger partial charge in [-0.05, 0) is 44.5 Å². The Balaban J connectivity index is 1.76. The number of nitro groups is 1. The lowest BCUT2D eigenvalue weighted by Gasteiger charge is -2.07. The number of carbonyl (C=O) groups is 1. The van der Waals surface area contributed by atoms with E-state index < -0.39 is 4.92 Å². The van der Waals surface area contributed by atoms with E-state index in [9.17, 15) is 14.9 Å². The van der Waals surface area contributed by atoms with Crippen molar-refractivity contribution in [2.24, 2.45) is 0 Å². The number of nitro benzene ring substituents is 1. The molecule has 2 aromatic rings. The van der Waals surface area contributed by atoms with Gasteiger partial charge < -0.3 is 19.2 Å². The van der Waals surface area contributed by atoms with Crippen molar-refractivity contribution in [1.82, 2.24) is 5.32 Å². The van der Waals surface area contributed by atoms with Crippen LogP contribution in [0.4, 0.5) is 5.69 Å². The normalized spacial score (nSPS) is 10.7. The molecular weight excluding hydrogens is 340 g/mol. The van der Waals surface area contributed by atoms with Crippen molar-refractivity contribution in [3.05, 3.63) is 58.0 Å². The van der Waals surface area contributed by atoms with Crippen molar-refractivity contribution in [3.8, 4) is 5.75 Å². The largest absolute Gasteiger partial charge is 0.486 e. The number of carbonyl (C=O) groups excluding carboxylic acids is 1. The molecule has 8 heteroatoms. The van der Waals surface area contributed by atoms with Crippen LogP contribution in [0.15, 0.2) is 40.8 Å². The maximum absolute atomic E-state index is 12.0. The maximum atomic E-state index is 12.0. The quantitative estimate of drug-likeness (QED) is 0.395. The Kier molecular flexibility index (Phi) is 7.16. The molecule has 0 bridgehead atoms. The van der Waals surface area contributed by atoms with Crippen LogP contribution < -0.4 is 10.1 Å². The summed E-state index contributed by atoms with van der Waals surface area (Å²) >= 11 is 0. The highest BCUT2D eigenvalue weighted by Gasteiger charge is 2.11. The first-order chi connectivity index (χ1) is 12.5. The van der Waals surface area contributed by atoms with Crippen LogP contribution in [0.25, 0.3) is 0 Å². The molecule has 8 nitrogen and oxygen atoms in total. The maximum Gasteiger partial charge on any atom is 0.286 e. The molecule has 0 spiro atoms. The van der Waals surface area contributed by atoms with Gasteiger partial charge in [-0.2, -0.15) is 0 Å². The van der Waals surface area contributed by atoms with E-state index in [2.05, 4.69) is 5.32 Å². The highest BCUT2D eigenvalue weighted by molar-refractivity contribution is 5.91. The number of furan rings is 1. The number of rotatable bonds is 10. The Morgan fingerprint density at radius 2 is 1.96 bits per heavy atom. The van der Waals surface area contributed by atoms with Crippen molar-refractivity contribution >= 4 is 11.6 Å². The van der Waals surface area contributed by atoms with Gasteiger partial charge in [-0.15, -0.1) is 0 Å². The Labute approximate surface area is 151 Å². The second kappa shape index (κ2) is 9.57. The SMILES string of the molecule is CC(C)OCCCNC(=O)c1ccc(COc2ccc([N+](=O)[O-])cc2)o1. The predicted octanol–water partition coefficient (Wildman–Crippen LogP) is 3.31. The smallest absolute Gasteiger partial charge is 0.286 e. The number of ether oxygens (including phenoxy) is 2. The van der Waals surface area contributed by atoms with Gasteiger partial charge in [0, 0.05) is 25.3 Å². The van der Waals surface area contributed by atoms with E-state index in [-0.39, 0.29) is 30.1 Å². The molecule has 1 heterocycles. The molecule has 2 rings (SSSR count). The summed E-state index contributed by atoms with van der Waals surface area (Å²) in [5, 5.41) is 13.4. The second-order valence-electron chi connectivity index (χ2n) is 5.83. The molecule has 0 unspecified atom stereocenters. The fourth-order valence-corrected chi connectivity index (χ4v) is 2.08. The molecule has 0 saturated heterocycles. The average molecular weight is 362 g/mol. The van der Waals surface area contributed by atoms with Gasteiger partial charge in [0.05, 0.1) is 11.0 Å². The number of hydrogen-bond acceptors (Lipinski definition) is 6. The van der Waals surface area contributed by atoms with E-state index in [1.165, 1.54) is 24.3 Å². The number of hydrogen-bond donors (Lipinski definition) is 1. The Morgan fingerprint density at radius 1 is 1.23 bits per heavy atom. The highest BCUT2D eigenvalue weighted by atomic mass is 16.6. The van der Waals surface area contributed by atoms with Crippen molar-refractivity contribution in [3.63, 3.8) is 0 Å². The van der Waals surface area contributed by atoms with E-state index in [4.69, 9.17) is 13.9 Å². The van der Waals surface area contributed by atoms with Crippen LogP contribution in [0.5, 0.6) is 5.75 Å². The number of nitrogens with one attached hydrogen (secondary N) is 1. The molecule has 1 aromatic carbocycles. The first-order valence-electron chi connectivity index (χ1n) is 8.31. The third-order valence-corrected chi connectivity index (χ3v) is 3.37. The van der Waals surface area contributed by atoms with Gasteiger partial charge in [0.15, 0.2) is 5.76 Å². The van der Waals surface area contributed by atoms with Crippen LogP contribution in [-0.4, -0.2) is 30.1 Å². The second-order valence-corrected chi connectivity index (χ2v) is 5.83. The highest BCUT2D eigenvalue weighted by Crippen LogP contribution is 2.19. The Hall–Kier alpha value is -2.87. The predicted molar refractivity (Wildman–Crippen MR) is 94.2 cm³/mol. The summed E-state index contributed by atoms with van der Waals surface area (Å²) in [7, 11) is 0. The van der Waals surface area contributed by atoms with E-state index >= 15 is 0 Å². The van der Waals surface area contributed by atoms with Gasteiger partial charge >= 0.3 is 0 Å². The van der Waals surface area contributed by atoms with Crippen LogP contribution in [0.1, 0.15) is 36.6 Å². The van der Waals surface area contributed by atoms with Crippen molar-refractivity contribution in [2.75, 3.05) is 13.2 Å². The fourth-order valence-electron chi connectivity index (χ4n) is 2.08. The number of amides is 1. The summed E-state index contributed by atoms with van der Waals surface area (Å²) in [6.45, 7) is 5.13. The molecule has 140 valence electrons. The molecule has 0 aliphatic carbocycles. The third-order valence-electron chi connectivity index (χ3n) is 3.37. The van der Waals surface area contributed by atoms with Gasteiger partial charge in [0.1, 0.15) is 18.1 Å². The van der Waals surface area contributed by atoms with Gasteiger partial charge in [0.2, 0.25) is 0 Å². The molecule has 1 amide bonds. The summed E-state index contributed by atoms with van der Waals surface area (Å²) in [5.41, 5.74) is -0.00639. The minimum Gasteiger partial charge on any atom is -0.486 e. The number of non-ortho nitro benzene ring substituents is 1. The molecule has 26 heavy (non-hydrogen) atoms. The minimum atomic E-state index is -0.476. The zero-order chi connectivity index (χ0) is 18.9. The number of nitrogens with zero attached hydrogens (tertiary/aromatic N) is 1. The Bertz CT molecular complexity index is 724. The van der Waals surface area contributed by atoms with E-state index in [1.54, 1.807) is 12.1 Å². The summed E-state index contributed by atoms with van der Waals surface area (Å²) in [6, 6.07) is 8.97. The molecule has 1 aromatic heterocycles. The topological polar surface area (TPSA) is 104 Å². The zero-order valence-electron chi connectivity index (χ0n) is 14.8. The first kappa shape index (κ1) is 19.5. The lowest BCUT2D eigenvalue weighted by Crippen LogP contribution is -2.25. The average Bonchev–Trinajstić information content (AvgIpc) is 3.08. The molecular formula is C18H22N2O6. The monoisotopic (exact) mass is 362 g/mol. The van der Waals surface area contributed by atoms with Gasteiger partial charge in [0.25, 0.3) is 11.6 Å². The summed E-state index contributed by atoms with van der Waals surface area (Å²) in [6.07, 6.45) is 0.898. The first-order valence-corrected chi connectivity index (χ1v) is 8.31. The summed E-state index contributed by atoms with van der Waals surface area (Å²) in [4.78, 5) is 22.1. The Morgan fingerprint density at radius 3 is 2.62 bits per heavy atom. The van der Waals surface area contributed by atoms with Gasteiger partial charge in [-0.25, -0.2) is 0 Å². The van der Waals surface area contributed by atoms with Crippen LogP contribution in [0, 0.1) is 10.1 Å². The van der Waals surface area contributed by atoms with Crippen LogP contribution in [0.2, 0.25) is 0 Å². The molecule has 1 N–H and O–H groups in total. The van der Waals surface area contributed by atoms with Crippen molar-refractivity contribution in [1.29, 1.82) is 0 Å². The molecule has 0 saturated carbocycles. The molecule has 0 atom stereocenters. The molecule has 0 aliphatic heterocycles. The molecule has 0 fully saturated rings. The lowest BCUT2D eigenvalue weighted by molar-refractivity contribution is -0.384. The summed E-state index contributed by atoms with van der Waals surface area (Å²) in [5.74, 6) is 0.869. The van der Waals surface area contributed by atoms with Crippen LogP contribution >= 0.6 is 0 Å². The van der Waals surface area contributed by atoms with E-state index in [0.717, 1.165) is 6.42 Å². The van der Waals surface area contributed by atoms with Gasteiger partial charge in [-0.1, -0.05) is 0 Å².